The number of hydrogen-bond donors (Lipinski definition) is 2. The van der Waals surface area contributed by atoms with Crippen molar-refractivity contribution in [2.45, 2.75) is 18.9 Å². The largest absolute Gasteiger partial charge is 0.434 e. The zero-order chi connectivity index (χ0) is 17.1. The molecule has 2 amide bonds. The van der Waals surface area contributed by atoms with Crippen molar-refractivity contribution in [2.24, 2.45) is 5.92 Å². The van der Waals surface area contributed by atoms with Crippen molar-refractivity contribution >= 4 is 17.7 Å². The maximum absolute atomic E-state index is 14.2. The fraction of sp³-hybridized carbons (Fsp3) is 0.294. The molecule has 1 saturated heterocycles. The lowest BCUT2D eigenvalue weighted by atomic mass is 10.2. The number of benzene rings is 1. The van der Waals surface area contributed by atoms with Gasteiger partial charge in [-0.2, -0.15) is 0 Å². The molecule has 0 bridgehead atoms. The van der Waals surface area contributed by atoms with E-state index in [9.17, 15) is 14.0 Å². The van der Waals surface area contributed by atoms with Crippen molar-refractivity contribution in [1.29, 1.82) is 0 Å². The van der Waals surface area contributed by atoms with Gasteiger partial charge in [0.15, 0.2) is 0 Å². The zero-order valence-corrected chi connectivity index (χ0v) is 12.5. The van der Waals surface area contributed by atoms with Gasteiger partial charge in [-0.05, 0) is 42.9 Å². The molecular formula is C17H13FN2O4. The molecular weight excluding hydrogens is 315 g/mol. The highest BCUT2D eigenvalue weighted by molar-refractivity contribution is 5.95. The number of ether oxygens (including phenoxy) is 1. The third-order valence-corrected chi connectivity index (χ3v) is 3.58. The van der Waals surface area contributed by atoms with E-state index >= 15 is 0 Å². The minimum atomic E-state index is -1.20. The summed E-state index contributed by atoms with van der Waals surface area (Å²) >= 11 is 0. The average molecular weight is 328 g/mol. The van der Waals surface area contributed by atoms with Gasteiger partial charge in [-0.1, -0.05) is 11.8 Å². The second-order valence-electron chi connectivity index (χ2n) is 5.42. The van der Waals surface area contributed by atoms with Gasteiger partial charge in [0.1, 0.15) is 5.82 Å². The van der Waals surface area contributed by atoms with E-state index in [2.05, 4.69) is 23.7 Å². The van der Waals surface area contributed by atoms with Gasteiger partial charge in [0.25, 0.3) is 5.91 Å². The number of rotatable bonds is 2. The monoisotopic (exact) mass is 328 g/mol. The van der Waals surface area contributed by atoms with Crippen LogP contribution in [0.15, 0.2) is 18.2 Å². The minimum absolute atomic E-state index is 0.0251. The molecule has 24 heavy (non-hydrogen) atoms. The van der Waals surface area contributed by atoms with E-state index in [0.29, 0.717) is 11.5 Å². The summed E-state index contributed by atoms with van der Waals surface area (Å²) in [4.78, 5) is 24.0. The van der Waals surface area contributed by atoms with E-state index in [1.165, 1.54) is 17.6 Å². The van der Waals surface area contributed by atoms with Crippen LogP contribution in [0.5, 0.6) is 0 Å². The Hall–Kier alpha value is -3.03. The maximum atomic E-state index is 14.2. The van der Waals surface area contributed by atoms with Crippen molar-refractivity contribution in [3.63, 3.8) is 0 Å². The molecule has 2 N–H and O–H groups in total. The van der Waals surface area contributed by atoms with Gasteiger partial charge in [-0.25, -0.2) is 14.7 Å². The van der Waals surface area contributed by atoms with E-state index in [-0.39, 0.29) is 12.2 Å². The molecule has 0 spiro atoms. The number of nitrogens with one attached hydrogen (secondary N) is 1. The zero-order valence-electron chi connectivity index (χ0n) is 12.5. The molecule has 3 rings (SSSR count). The molecule has 1 aliphatic heterocycles. The number of nitrogens with zero attached hydrogens (tertiary/aromatic N) is 1. The van der Waals surface area contributed by atoms with Gasteiger partial charge in [-0.3, -0.25) is 14.9 Å². The average Bonchev–Trinajstić information content (AvgIpc) is 3.32. The summed E-state index contributed by atoms with van der Waals surface area (Å²) < 4.78 is 19.0. The molecule has 0 unspecified atom stereocenters. The highest BCUT2D eigenvalue weighted by Crippen LogP contribution is 2.27. The lowest BCUT2D eigenvalue weighted by molar-refractivity contribution is -0.136. The van der Waals surface area contributed by atoms with Crippen LogP contribution in [-0.2, 0) is 9.53 Å². The molecule has 1 saturated carbocycles. The van der Waals surface area contributed by atoms with Crippen LogP contribution in [0, 0.1) is 35.4 Å². The standard InChI is InChI=1S/C17H13FN2O4/c18-13-9-12(4-2-1-3-11-5-6-11)7-8-14(13)20-10-15(16(21)19-23)24-17(20)22/h7-9,11,15,23H,5-6,10H2,(H,19,21)/t15-/m0/s1. The van der Waals surface area contributed by atoms with Gasteiger partial charge in [-0.15, -0.1) is 0 Å². The van der Waals surface area contributed by atoms with Crippen LogP contribution in [0.3, 0.4) is 0 Å². The summed E-state index contributed by atoms with van der Waals surface area (Å²) in [6.07, 6.45) is 0.161. The van der Waals surface area contributed by atoms with Gasteiger partial charge >= 0.3 is 6.09 Å². The van der Waals surface area contributed by atoms with Crippen molar-refractivity contribution in [2.75, 3.05) is 11.4 Å². The first-order valence-corrected chi connectivity index (χ1v) is 7.31. The number of anilines is 1. The topological polar surface area (TPSA) is 78.9 Å². The molecule has 1 atom stereocenters. The van der Waals surface area contributed by atoms with Crippen LogP contribution < -0.4 is 10.4 Å². The normalized spacial score (nSPS) is 18.8. The van der Waals surface area contributed by atoms with Gasteiger partial charge in [0.2, 0.25) is 6.10 Å². The summed E-state index contributed by atoms with van der Waals surface area (Å²) in [5.74, 6) is 10.0. The summed E-state index contributed by atoms with van der Waals surface area (Å²) in [6, 6.07) is 4.12. The quantitative estimate of drug-likeness (QED) is 0.489. The number of halogens is 1. The minimum Gasteiger partial charge on any atom is -0.434 e. The summed E-state index contributed by atoms with van der Waals surface area (Å²) in [7, 11) is 0. The van der Waals surface area contributed by atoms with E-state index in [0.717, 1.165) is 17.7 Å². The molecule has 1 heterocycles. The predicted molar refractivity (Wildman–Crippen MR) is 81.3 cm³/mol. The molecule has 1 aromatic rings. The maximum Gasteiger partial charge on any atom is 0.415 e. The molecule has 1 aliphatic carbocycles. The summed E-state index contributed by atoms with van der Waals surface area (Å²) in [5.41, 5.74) is 1.80. The number of cyclic esters (lactones) is 1. The first-order valence-electron chi connectivity index (χ1n) is 7.31. The van der Waals surface area contributed by atoms with Crippen molar-refractivity contribution in [3.05, 3.63) is 29.6 Å². The lowest BCUT2D eigenvalue weighted by Gasteiger charge is -2.13. The second-order valence-corrected chi connectivity index (χ2v) is 5.42. The van der Waals surface area contributed by atoms with E-state index in [4.69, 9.17) is 9.94 Å². The van der Waals surface area contributed by atoms with Crippen molar-refractivity contribution < 1.29 is 23.9 Å². The second kappa shape index (κ2) is 6.61. The lowest BCUT2D eigenvalue weighted by Crippen LogP contribution is -2.35. The first kappa shape index (κ1) is 15.9. The Labute approximate surface area is 137 Å². The van der Waals surface area contributed by atoms with Crippen LogP contribution in [0.4, 0.5) is 14.9 Å². The van der Waals surface area contributed by atoms with E-state index in [1.807, 2.05) is 0 Å². The Morgan fingerprint density at radius 3 is 2.83 bits per heavy atom. The Bertz CT molecular complexity index is 811. The Kier molecular flexibility index (Phi) is 4.37. The molecule has 1 aromatic carbocycles. The van der Waals surface area contributed by atoms with Crippen LogP contribution in [0.25, 0.3) is 0 Å². The first-order chi connectivity index (χ1) is 11.6. The summed E-state index contributed by atoms with van der Waals surface area (Å²) in [6.45, 7) is -0.194. The number of carbonyl (C=O) groups excluding carboxylic acids is 2. The predicted octanol–water partition coefficient (Wildman–Crippen LogP) is 1.42. The van der Waals surface area contributed by atoms with Gasteiger partial charge in [0.05, 0.1) is 12.2 Å². The smallest absolute Gasteiger partial charge is 0.415 e. The van der Waals surface area contributed by atoms with Gasteiger partial charge < -0.3 is 4.74 Å². The van der Waals surface area contributed by atoms with Crippen LogP contribution >= 0.6 is 0 Å². The number of hydroxylamine groups is 1. The molecule has 0 aromatic heterocycles. The number of hydrogen-bond acceptors (Lipinski definition) is 4. The Morgan fingerprint density at radius 2 is 2.17 bits per heavy atom. The Morgan fingerprint density at radius 1 is 1.38 bits per heavy atom. The fourth-order valence-electron chi connectivity index (χ4n) is 2.14. The molecule has 2 aliphatic rings. The molecule has 6 nitrogen and oxygen atoms in total. The highest BCUT2D eigenvalue weighted by atomic mass is 19.1. The van der Waals surface area contributed by atoms with Crippen LogP contribution in [-0.4, -0.2) is 29.9 Å². The van der Waals surface area contributed by atoms with Crippen LogP contribution in [0.2, 0.25) is 0 Å². The molecule has 2 fully saturated rings. The van der Waals surface area contributed by atoms with Crippen molar-refractivity contribution in [3.8, 4) is 23.7 Å². The van der Waals surface area contributed by atoms with E-state index in [1.54, 1.807) is 6.07 Å². The van der Waals surface area contributed by atoms with Crippen molar-refractivity contribution in [1.82, 2.24) is 5.48 Å². The van der Waals surface area contributed by atoms with E-state index < -0.39 is 23.9 Å². The summed E-state index contributed by atoms with van der Waals surface area (Å²) in [5, 5.41) is 8.56. The highest BCUT2D eigenvalue weighted by Gasteiger charge is 2.38. The number of amides is 2. The molecule has 0 radical (unpaired) electrons. The third kappa shape index (κ3) is 3.48. The fourth-order valence-corrected chi connectivity index (χ4v) is 2.14. The Balaban J connectivity index is 1.74. The SMILES string of the molecule is O=C(NO)[C@@H]1CN(c2ccc(C#CC#CC3CC3)cc2F)C(=O)O1. The number of carbonyl (C=O) groups is 2. The third-order valence-electron chi connectivity index (χ3n) is 3.58. The van der Waals surface area contributed by atoms with Crippen LogP contribution in [0.1, 0.15) is 18.4 Å². The molecule has 122 valence electrons. The molecule has 7 heteroatoms. The van der Waals surface area contributed by atoms with Gasteiger partial charge in [0, 0.05) is 11.5 Å².